The Hall–Kier alpha value is -2.20. The highest BCUT2D eigenvalue weighted by atomic mass is 35.5. The molecular formula is C16H16ClN3O. The molecule has 0 unspecified atom stereocenters. The third kappa shape index (κ3) is 3.47. The van der Waals surface area contributed by atoms with E-state index in [2.05, 4.69) is 16.0 Å². The van der Waals surface area contributed by atoms with Crippen LogP contribution in [0.15, 0.2) is 42.5 Å². The molecule has 1 aliphatic heterocycles. The lowest BCUT2D eigenvalue weighted by Crippen LogP contribution is -2.20. The van der Waals surface area contributed by atoms with Gasteiger partial charge in [0.1, 0.15) is 0 Å². The molecule has 0 fully saturated rings. The van der Waals surface area contributed by atoms with Gasteiger partial charge in [0, 0.05) is 28.6 Å². The first-order chi connectivity index (χ1) is 10.2. The molecule has 0 radical (unpaired) electrons. The highest BCUT2D eigenvalue weighted by Gasteiger charge is 2.10. The molecule has 2 amide bonds. The average Bonchev–Trinajstić information content (AvgIpc) is 2.49. The number of aryl methyl sites for hydroxylation is 1. The van der Waals surface area contributed by atoms with Crippen molar-refractivity contribution in [2.75, 3.05) is 22.5 Å². The first-order valence-electron chi connectivity index (χ1n) is 6.91. The molecule has 21 heavy (non-hydrogen) atoms. The van der Waals surface area contributed by atoms with Crippen LogP contribution in [0.2, 0.25) is 5.02 Å². The summed E-state index contributed by atoms with van der Waals surface area (Å²) in [5.74, 6) is 0. The normalized spacial score (nSPS) is 13.0. The molecule has 2 aromatic carbocycles. The number of rotatable bonds is 2. The fourth-order valence-corrected chi connectivity index (χ4v) is 2.51. The van der Waals surface area contributed by atoms with Gasteiger partial charge in [0.05, 0.1) is 0 Å². The van der Waals surface area contributed by atoms with Gasteiger partial charge in [-0.2, -0.15) is 0 Å². The zero-order valence-electron chi connectivity index (χ0n) is 11.4. The lowest BCUT2D eigenvalue weighted by Gasteiger charge is -2.18. The van der Waals surface area contributed by atoms with E-state index in [1.165, 1.54) is 5.56 Å². The van der Waals surface area contributed by atoms with Crippen molar-refractivity contribution in [3.63, 3.8) is 0 Å². The Morgan fingerprint density at radius 2 is 1.76 bits per heavy atom. The van der Waals surface area contributed by atoms with Crippen molar-refractivity contribution in [2.24, 2.45) is 0 Å². The Morgan fingerprint density at radius 3 is 2.57 bits per heavy atom. The molecule has 1 aliphatic rings. The number of nitrogens with one attached hydrogen (secondary N) is 3. The number of hydrogen-bond donors (Lipinski definition) is 3. The summed E-state index contributed by atoms with van der Waals surface area (Å²) in [6, 6.07) is 12.7. The van der Waals surface area contributed by atoms with Gasteiger partial charge in [-0.15, -0.1) is 0 Å². The van der Waals surface area contributed by atoms with E-state index in [1.807, 2.05) is 18.2 Å². The summed E-state index contributed by atoms with van der Waals surface area (Å²) < 4.78 is 0. The van der Waals surface area contributed by atoms with Gasteiger partial charge >= 0.3 is 6.03 Å². The SMILES string of the molecule is O=C(Nc1ccc(Cl)cc1)Nc1ccc2c(c1)CCCN2. The second kappa shape index (κ2) is 6.06. The van der Waals surface area contributed by atoms with Gasteiger partial charge in [-0.25, -0.2) is 4.79 Å². The molecule has 0 saturated heterocycles. The molecule has 3 rings (SSSR count). The van der Waals surface area contributed by atoms with Crippen molar-refractivity contribution in [2.45, 2.75) is 12.8 Å². The van der Waals surface area contributed by atoms with E-state index in [1.54, 1.807) is 24.3 Å². The van der Waals surface area contributed by atoms with Gasteiger partial charge in [0.2, 0.25) is 0 Å². The highest BCUT2D eigenvalue weighted by Crippen LogP contribution is 2.25. The minimum absolute atomic E-state index is 0.263. The van der Waals surface area contributed by atoms with Gasteiger partial charge in [0.15, 0.2) is 0 Å². The average molecular weight is 302 g/mol. The van der Waals surface area contributed by atoms with Crippen LogP contribution in [0.4, 0.5) is 21.9 Å². The molecule has 5 heteroatoms. The topological polar surface area (TPSA) is 53.2 Å². The molecule has 0 spiro atoms. The van der Waals surface area contributed by atoms with Crippen LogP contribution in [-0.2, 0) is 6.42 Å². The molecule has 0 aromatic heterocycles. The van der Waals surface area contributed by atoms with Gasteiger partial charge in [0.25, 0.3) is 0 Å². The molecule has 0 atom stereocenters. The monoisotopic (exact) mass is 301 g/mol. The van der Waals surface area contributed by atoms with E-state index in [0.717, 1.165) is 30.8 Å². The third-order valence-electron chi connectivity index (χ3n) is 3.40. The van der Waals surface area contributed by atoms with Crippen LogP contribution >= 0.6 is 11.6 Å². The number of urea groups is 1. The maximum absolute atomic E-state index is 12.0. The number of fused-ring (bicyclic) bond motifs is 1. The van der Waals surface area contributed by atoms with E-state index in [9.17, 15) is 4.79 Å². The molecular weight excluding hydrogens is 286 g/mol. The maximum atomic E-state index is 12.0. The summed E-state index contributed by atoms with van der Waals surface area (Å²) in [6.45, 7) is 1.01. The largest absolute Gasteiger partial charge is 0.385 e. The smallest absolute Gasteiger partial charge is 0.323 e. The predicted molar refractivity (Wildman–Crippen MR) is 87.3 cm³/mol. The minimum atomic E-state index is -0.263. The molecule has 1 heterocycles. The van der Waals surface area contributed by atoms with E-state index in [4.69, 9.17) is 11.6 Å². The standard InChI is InChI=1S/C16H16ClN3O/c17-12-3-5-13(6-4-12)19-16(21)20-14-7-8-15-11(10-14)2-1-9-18-15/h3-8,10,18H,1-2,9H2,(H2,19,20,21). The van der Waals surface area contributed by atoms with Gasteiger partial charge in [-0.05, 0) is 60.9 Å². The van der Waals surface area contributed by atoms with Crippen molar-refractivity contribution in [1.82, 2.24) is 0 Å². The van der Waals surface area contributed by atoms with Crippen molar-refractivity contribution in [3.8, 4) is 0 Å². The minimum Gasteiger partial charge on any atom is -0.385 e. The van der Waals surface area contributed by atoms with Crippen LogP contribution in [-0.4, -0.2) is 12.6 Å². The fraction of sp³-hybridized carbons (Fsp3) is 0.188. The maximum Gasteiger partial charge on any atom is 0.323 e. The first kappa shape index (κ1) is 13.8. The summed E-state index contributed by atoms with van der Waals surface area (Å²) in [7, 11) is 0. The summed E-state index contributed by atoms with van der Waals surface area (Å²) in [5.41, 5.74) is 3.90. The van der Waals surface area contributed by atoms with Gasteiger partial charge < -0.3 is 16.0 Å². The number of carbonyl (C=O) groups excluding carboxylic acids is 1. The van der Waals surface area contributed by atoms with Gasteiger partial charge in [-0.1, -0.05) is 11.6 Å². The molecule has 108 valence electrons. The van der Waals surface area contributed by atoms with Crippen molar-refractivity contribution >= 4 is 34.7 Å². The van der Waals surface area contributed by atoms with E-state index < -0.39 is 0 Å². The number of amides is 2. The third-order valence-corrected chi connectivity index (χ3v) is 3.66. The Bertz CT molecular complexity index is 655. The molecule has 0 saturated carbocycles. The fourth-order valence-electron chi connectivity index (χ4n) is 2.38. The Labute approximate surface area is 128 Å². The second-order valence-electron chi connectivity index (χ2n) is 4.99. The lowest BCUT2D eigenvalue weighted by molar-refractivity contribution is 0.262. The van der Waals surface area contributed by atoms with E-state index in [-0.39, 0.29) is 6.03 Å². The summed E-state index contributed by atoms with van der Waals surface area (Å²) in [6.07, 6.45) is 2.16. The number of benzene rings is 2. The number of halogens is 1. The molecule has 0 bridgehead atoms. The number of hydrogen-bond acceptors (Lipinski definition) is 2. The van der Waals surface area contributed by atoms with E-state index in [0.29, 0.717) is 10.7 Å². The Kier molecular flexibility index (Phi) is 3.97. The van der Waals surface area contributed by atoms with E-state index >= 15 is 0 Å². The summed E-state index contributed by atoms with van der Waals surface area (Å²) >= 11 is 5.81. The van der Waals surface area contributed by atoms with Crippen LogP contribution in [0.5, 0.6) is 0 Å². The number of anilines is 3. The second-order valence-corrected chi connectivity index (χ2v) is 5.42. The van der Waals surface area contributed by atoms with Crippen molar-refractivity contribution in [1.29, 1.82) is 0 Å². The molecule has 4 nitrogen and oxygen atoms in total. The van der Waals surface area contributed by atoms with Crippen LogP contribution in [0.1, 0.15) is 12.0 Å². The first-order valence-corrected chi connectivity index (χ1v) is 7.29. The van der Waals surface area contributed by atoms with Gasteiger partial charge in [-0.3, -0.25) is 0 Å². The lowest BCUT2D eigenvalue weighted by atomic mass is 10.0. The van der Waals surface area contributed by atoms with Crippen LogP contribution < -0.4 is 16.0 Å². The molecule has 0 aliphatic carbocycles. The van der Waals surface area contributed by atoms with Crippen molar-refractivity contribution < 1.29 is 4.79 Å². The Morgan fingerprint density at radius 1 is 1.05 bits per heavy atom. The van der Waals surface area contributed by atoms with Crippen LogP contribution in [0.3, 0.4) is 0 Å². The summed E-state index contributed by atoms with van der Waals surface area (Å²) in [4.78, 5) is 12.0. The molecule has 2 aromatic rings. The van der Waals surface area contributed by atoms with Crippen LogP contribution in [0.25, 0.3) is 0 Å². The predicted octanol–water partition coefficient (Wildman–Crippen LogP) is 4.34. The zero-order valence-corrected chi connectivity index (χ0v) is 12.2. The summed E-state index contributed by atoms with van der Waals surface area (Å²) in [5, 5.41) is 9.61. The number of carbonyl (C=O) groups is 1. The van der Waals surface area contributed by atoms with Crippen LogP contribution in [0, 0.1) is 0 Å². The Balaban J connectivity index is 1.65. The highest BCUT2D eigenvalue weighted by molar-refractivity contribution is 6.30. The quantitative estimate of drug-likeness (QED) is 0.773. The van der Waals surface area contributed by atoms with Crippen molar-refractivity contribution in [3.05, 3.63) is 53.1 Å². The zero-order chi connectivity index (χ0) is 14.7. The molecule has 3 N–H and O–H groups in total.